The maximum atomic E-state index is 13.6. The van der Waals surface area contributed by atoms with E-state index >= 15 is 0 Å². The van der Waals surface area contributed by atoms with Gasteiger partial charge in [0.15, 0.2) is 16.9 Å². The number of hydrogen-bond donors (Lipinski definition) is 1. The first-order chi connectivity index (χ1) is 15.8. The lowest BCUT2D eigenvalue weighted by Crippen LogP contribution is -2.44. The highest BCUT2D eigenvalue weighted by Gasteiger charge is 2.24. The maximum Gasteiger partial charge on any atom is 0.332 e. The predicted octanol–water partition coefficient (Wildman–Crippen LogP) is 1.46. The third-order valence-electron chi connectivity index (χ3n) is 5.97. The van der Waals surface area contributed by atoms with Crippen LogP contribution in [0.4, 0.5) is 5.95 Å². The van der Waals surface area contributed by atoms with Crippen molar-refractivity contribution < 1.29 is 4.79 Å². The lowest BCUT2D eigenvalue weighted by molar-refractivity contribution is 0.0969. The molecule has 0 radical (unpaired) electrons. The molecule has 0 amide bonds. The van der Waals surface area contributed by atoms with Gasteiger partial charge in [0.05, 0.1) is 6.54 Å². The van der Waals surface area contributed by atoms with E-state index in [9.17, 15) is 14.4 Å². The Morgan fingerprint density at radius 3 is 2.39 bits per heavy atom. The largest absolute Gasteiger partial charge is 0.340 e. The summed E-state index contributed by atoms with van der Waals surface area (Å²) < 4.78 is 4.25. The number of carbonyl (C=O) groups is 1. The molecule has 174 valence electrons. The minimum Gasteiger partial charge on any atom is -0.340 e. The smallest absolute Gasteiger partial charge is 0.332 e. The summed E-state index contributed by atoms with van der Waals surface area (Å²) in [4.78, 5) is 46.4. The normalized spacial score (nSPS) is 14.0. The van der Waals surface area contributed by atoms with Gasteiger partial charge in [0.1, 0.15) is 0 Å². The molecule has 0 saturated carbocycles. The van der Waals surface area contributed by atoms with Crippen molar-refractivity contribution in [3.63, 3.8) is 0 Å². The molecule has 0 unspecified atom stereocenters. The van der Waals surface area contributed by atoms with Gasteiger partial charge in [0, 0.05) is 45.3 Å². The van der Waals surface area contributed by atoms with Crippen molar-refractivity contribution >= 4 is 22.9 Å². The van der Waals surface area contributed by atoms with Gasteiger partial charge in [-0.05, 0) is 20.8 Å². The summed E-state index contributed by atoms with van der Waals surface area (Å²) in [6, 6.07) is 7.11. The molecule has 1 saturated heterocycles. The van der Waals surface area contributed by atoms with Gasteiger partial charge < -0.3 is 14.8 Å². The van der Waals surface area contributed by atoms with Crippen LogP contribution >= 0.6 is 0 Å². The molecule has 0 atom stereocenters. The molecule has 1 aliphatic rings. The second-order valence-electron chi connectivity index (χ2n) is 8.74. The Morgan fingerprint density at radius 1 is 1.09 bits per heavy atom. The third kappa shape index (κ3) is 4.41. The molecule has 9 heteroatoms. The molecule has 0 aliphatic carbocycles. The maximum absolute atomic E-state index is 13.6. The van der Waals surface area contributed by atoms with Gasteiger partial charge in [0.2, 0.25) is 5.95 Å². The number of carbonyl (C=O) groups excluding carboxylic acids is 1. The molecule has 0 spiro atoms. The van der Waals surface area contributed by atoms with Gasteiger partial charge in [-0.1, -0.05) is 41.5 Å². The summed E-state index contributed by atoms with van der Waals surface area (Å²) in [5.41, 5.74) is 2.23. The van der Waals surface area contributed by atoms with Gasteiger partial charge in [-0.3, -0.25) is 18.7 Å². The van der Waals surface area contributed by atoms with Crippen LogP contribution in [-0.2, 0) is 20.1 Å². The molecule has 2 aromatic heterocycles. The van der Waals surface area contributed by atoms with Gasteiger partial charge in [-0.2, -0.15) is 4.98 Å². The van der Waals surface area contributed by atoms with E-state index in [0.29, 0.717) is 29.2 Å². The number of ketones is 1. The first-order valence-electron chi connectivity index (χ1n) is 11.2. The second kappa shape index (κ2) is 9.19. The lowest BCUT2D eigenvalue weighted by Gasteiger charge is -2.28. The van der Waals surface area contributed by atoms with Crippen LogP contribution in [0.25, 0.3) is 11.2 Å². The molecule has 1 aliphatic heterocycles. The number of imidazole rings is 1. The molecule has 3 heterocycles. The Labute approximate surface area is 192 Å². The number of piperazine rings is 1. The summed E-state index contributed by atoms with van der Waals surface area (Å²) in [5.74, 6) is 0.380. The Balaban J connectivity index is 1.87. The quantitative estimate of drug-likeness (QED) is 0.452. The van der Waals surface area contributed by atoms with E-state index in [1.807, 2.05) is 43.5 Å². The zero-order valence-corrected chi connectivity index (χ0v) is 19.6. The van der Waals surface area contributed by atoms with Gasteiger partial charge >= 0.3 is 5.69 Å². The first kappa shape index (κ1) is 22.7. The Bertz CT molecular complexity index is 1330. The lowest BCUT2D eigenvalue weighted by atomic mass is 10.1. The van der Waals surface area contributed by atoms with Crippen molar-refractivity contribution in [1.82, 2.24) is 24.0 Å². The number of nitrogens with one attached hydrogen (secondary N) is 1. The highest BCUT2D eigenvalue weighted by atomic mass is 16.2. The fraction of sp³-hybridized carbons (Fsp3) is 0.417. The summed E-state index contributed by atoms with van der Waals surface area (Å²) in [6.07, 6.45) is 2.03. The van der Waals surface area contributed by atoms with E-state index in [1.165, 1.54) is 4.57 Å². The number of hydrogen-bond acceptors (Lipinski definition) is 6. The van der Waals surface area contributed by atoms with Crippen molar-refractivity contribution in [3.05, 3.63) is 67.9 Å². The number of Topliss-reactive ketones (excluding diaryl/α,β-unsaturated/α-hetero) is 1. The fourth-order valence-corrected chi connectivity index (χ4v) is 4.03. The second-order valence-corrected chi connectivity index (χ2v) is 8.74. The monoisotopic (exact) mass is 450 g/mol. The van der Waals surface area contributed by atoms with Crippen molar-refractivity contribution in [1.29, 1.82) is 0 Å². The van der Waals surface area contributed by atoms with E-state index < -0.39 is 11.2 Å². The summed E-state index contributed by atoms with van der Waals surface area (Å²) in [5, 5.41) is 3.32. The van der Waals surface area contributed by atoms with E-state index in [4.69, 9.17) is 4.98 Å². The third-order valence-corrected chi connectivity index (χ3v) is 5.97. The van der Waals surface area contributed by atoms with Crippen LogP contribution in [0.5, 0.6) is 0 Å². The van der Waals surface area contributed by atoms with E-state index in [-0.39, 0.29) is 12.3 Å². The number of fused-ring (bicyclic) bond motifs is 1. The zero-order chi connectivity index (χ0) is 23.7. The fourth-order valence-electron chi connectivity index (χ4n) is 4.03. The molecule has 33 heavy (non-hydrogen) atoms. The minimum atomic E-state index is -0.549. The minimum absolute atomic E-state index is 0.286. The van der Waals surface area contributed by atoms with Crippen molar-refractivity contribution in [2.75, 3.05) is 31.1 Å². The Hall–Kier alpha value is -3.46. The number of allylic oxidation sites excluding steroid dienone is 2. The van der Waals surface area contributed by atoms with Gasteiger partial charge in [-0.25, -0.2) is 4.79 Å². The van der Waals surface area contributed by atoms with Crippen LogP contribution in [0.1, 0.15) is 29.8 Å². The SMILES string of the molecule is CC(C)=CCn1c(N2CCNCC2)nc2c1c(=O)n(CC(=O)c1ccc(C)cc1)c(=O)n2C. The molecular weight excluding hydrogens is 420 g/mol. The van der Waals surface area contributed by atoms with Crippen LogP contribution in [-0.4, -0.2) is 50.6 Å². The van der Waals surface area contributed by atoms with Crippen molar-refractivity contribution in [2.45, 2.75) is 33.9 Å². The number of benzene rings is 1. The zero-order valence-electron chi connectivity index (χ0n) is 19.6. The molecular formula is C24H30N6O3. The standard InChI is InChI=1S/C24H30N6O3/c1-16(2)9-12-29-20-21(26-23(29)28-13-10-25-11-14-28)27(4)24(33)30(22(20)32)15-19(31)18-7-5-17(3)6-8-18/h5-9,25H,10-15H2,1-4H3. The van der Waals surface area contributed by atoms with Gasteiger partial charge in [-0.15, -0.1) is 0 Å². The van der Waals surface area contributed by atoms with Gasteiger partial charge in [0.25, 0.3) is 5.56 Å². The number of rotatable bonds is 6. The summed E-state index contributed by atoms with van der Waals surface area (Å²) in [7, 11) is 1.59. The van der Waals surface area contributed by atoms with E-state index in [0.717, 1.165) is 41.9 Å². The van der Waals surface area contributed by atoms with Crippen LogP contribution < -0.4 is 21.5 Å². The summed E-state index contributed by atoms with van der Waals surface area (Å²) in [6.45, 7) is 9.22. The van der Waals surface area contributed by atoms with Crippen LogP contribution in [0.3, 0.4) is 0 Å². The molecule has 1 aromatic carbocycles. The average molecular weight is 451 g/mol. The number of aromatic nitrogens is 4. The predicted molar refractivity (Wildman–Crippen MR) is 129 cm³/mol. The number of anilines is 1. The van der Waals surface area contributed by atoms with Crippen LogP contribution in [0.15, 0.2) is 45.5 Å². The molecule has 1 N–H and O–H groups in total. The average Bonchev–Trinajstić information content (AvgIpc) is 3.20. The topological polar surface area (TPSA) is 94.2 Å². The molecule has 0 bridgehead atoms. The highest BCUT2D eigenvalue weighted by molar-refractivity contribution is 5.96. The molecule has 4 rings (SSSR count). The van der Waals surface area contributed by atoms with Crippen molar-refractivity contribution in [2.24, 2.45) is 7.05 Å². The van der Waals surface area contributed by atoms with Crippen LogP contribution in [0.2, 0.25) is 0 Å². The highest BCUT2D eigenvalue weighted by Crippen LogP contribution is 2.20. The number of aryl methyl sites for hydroxylation is 2. The summed E-state index contributed by atoms with van der Waals surface area (Å²) >= 11 is 0. The van der Waals surface area contributed by atoms with E-state index in [1.54, 1.807) is 19.2 Å². The Morgan fingerprint density at radius 2 is 1.76 bits per heavy atom. The van der Waals surface area contributed by atoms with E-state index in [2.05, 4.69) is 10.2 Å². The van der Waals surface area contributed by atoms with Crippen molar-refractivity contribution in [3.8, 4) is 0 Å². The number of nitrogens with zero attached hydrogens (tertiary/aromatic N) is 5. The molecule has 3 aromatic rings. The molecule has 9 nitrogen and oxygen atoms in total. The molecule has 1 fully saturated rings. The van der Waals surface area contributed by atoms with Crippen LogP contribution in [0, 0.1) is 6.92 Å². The Kier molecular flexibility index (Phi) is 6.33. The first-order valence-corrected chi connectivity index (χ1v) is 11.2.